The summed E-state index contributed by atoms with van der Waals surface area (Å²) in [5.41, 5.74) is 1.74. The van der Waals surface area contributed by atoms with E-state index in [1.807, 2.05) is 29.2 Å². The number of carbonyl (C=O) groups excluding carboxylic acids is 1. The number of halogens is 1. The van der Waals surface area contributed by atoms with Crippen LogP contribution in [0.25, 0.3) is 11.4 Å². The molecule has 0 atom stereocenters. The number of ether oxygens (including phenoxy) is 1. The van der Waals surface area contributed by atoms with Crippen LogP contribution in [0.3, 0.4) is 0 Å². The quantitative estimate of drug-likeness (QED) is 0.555. The molecule has 0 N–H and O–H groups in total. The smallest absolute Gasteiger partial charge is 0.236 e. The van der Waals surface area contributed by atoms with E-state index in [0.717, 1.165) is 24.5 Å². The summed E-state index contributed by atoms with van der Waals surface area (Å²) in [5, 5.41) is 3.92. The van der Waals surface area contributed by atoms with Crippen LogP contribution < -0.4 is 9.64 Å². The van der Waals surface area contributed by atoms with Gasteiger partial charge in [-0.2, -0.15) is 4.98 Å². The minimum atomic E-state index is -0.315. The molecule has 2 aromatic carbocycles. The predicted molar refractivity (Wildman–Crippen MR) is 118 cm³/mol. The lowest BCUT2D eigenvalue weighted by molar-refractivity contribution is -0.128. The number of rotatable bonds is 7. The number of benzene rings is 2. The van der Waals surface area contributed by atoms with Crippen LogP contribution in [0.1, 0.15) is 5.89 Å². The first kappa shape index (κ1) is 21.2. The van der Waals surface area contributed by atoms with E-state index in [1.54, 1.807) is 19.2 Å². The van der Waals surface area contributed by atoms with Crippen molar-refractivity contribution in [2.45, 2.75) is 5.75 Å². The zero-order valence-corrected chi connectivity index (χ0v) is 18.0. The van der Waals surface area contributed by atoms with Crippen molar-refractivity contribution in [3.8, 4) is 17.1 Å². The SMILES string of the molecule is COc1ccccc1N1CCN(C(=O)CSCc2nc(-c3ccc(F)cc3)no2)CC1. The van der Waals surface area contributed by atoms with Crippen LogP contribution in [-0.4, -0.2) is 60.0 Å². The molecule has 1 aliphatic heterocycles. The maximum atomic E-state index is 13.0. The number of amides is 1. The van der Waals surface area contributed by atoms with E-state index in [0.29, 0.717) is 41.9 Å². The Morgan fingerprint density at radius 1 is 1.13 bits per heavy atom. The molecule has 31 heavy (non-hydrogen) atoms. The molecule has 0 saturated carbocycles. The van der Waals surface area contributed by atoms with Crippen LogP contribution in [0.2, 0.25) is 0 Å². The van der Waals surface area contributed by atoms with Crippen molar-refractivity contribution in [2.24, 2.45) is 0 Å². The Hall–Kier alpha value is -3.07. The Morgan fingerprint density at radius 2 is 1.87 bits per heavy atom. The number of thioether (sulfide) groups is 1. The molecule has 4 rings (SSSR count). The summed E-state index contributed by atoms with van der Waals surface area (Å²) in [4.78, 5) is 21.0. The number of hydrogen-bond acceptors (Lipinski definition) is 7. The molecule has 3 aromatic rings. The second kappa shape index (κ2) is 9.82. The van der Waals surface area contributed by atoms with Gasteiger partial charge in [0.2, 0.25) is 17.6 Å². The van der Waals surface area contributed by atoms with Gasteiger partial charge in [0, 0.05) is 31.7 Å². The Kier molecular flexibility index (Phi) is 6.71. The standard InChI is InChI=1S/C22H23FN4O3S/c1-29-19-5-3-2-4-18(19)26-10-12-27(13-11-26)21(28)15-31-14-20-24-22(25-30-20)16-6-8-17(23)9-7-16/h2-9H,10-15H2,1H3. The van der Waals surface area contributed by atoms with Crippen LogP contribution in [0, 0.1) is 5.82 Å². The van der Waals surface area contributed by atoms with Gasteiger partial charge < -0.3 is 19.1 Å². The van der Waals surface area contributed by atoms with E-state index in [2.05, 4.69) is 15.0 Å². The maximum absolute atomic E-state index is 13.0. The zero-order chi connectivity index (χ0) is 21.6. The molecule has 0 unspecified atom stereocenters. The third-order valence-corrected chi connectivity index (χ3v) is 5.98. The maximum Gasteiger partial charge on any atom is 0.236 e. The first-order chi connectivity index (χ1) is 15.1. The summed E-state index contributed by atoms with van der Waals surface area (Å²) < 4.78 is 23.7. The first-order valence-corrected chi connectivity index (χ1v) is 11.1. The number of piperazine rings is 1. The lowest BCUT2D eigenvalue weighted by Gasteiger charge is -2.36. The highest BCUT2D eigenvalue weighted by Gasteiger charge is 2.23. The average Bonchev–Trinajstić information content (AvgIpc) is 3.28. The van der Waals surface area contributed by atoms with Gasteiger partial charge in [-0.1, -0.05) is 17.3 Å². The minimum absolute atomic E-state index is 0.1000. The summed E-state index contributed by atoms with van der Waals surface area (Å²) in [7, 11) is 1.67. The third kappa shape index (κ3) is 5.16. The number of hydrogen-bond donors (Lipinski definition) is 0. The number of methoxy groups -OCH3 is 1. The van der Waals surface area contributed by atoms with E-state index in [4.69, 9.17) is 9.26 Å². The summed E-state index contributed by atoms with van der Waals surface area (Å²) in [5.74, 6) is 2.28. The number of anilines is 1. The topological polar surface area (TPSA) is 71.7 Å². The lowest BCUT2D eigenvalue weighted by atomic mass is 10.2. The van der Waals surface area contributed by atoms with Crippen molar-refractivity contribution < 1.29 is 18.4 Å². The molecule has 0 aliphatic carbocycles. The predicted octanol–water partition coefficient (Wildman–Crippen LogP) is 3.47. The Bertz CT molecular complexity index is 1020. The second-order valence-electron chi connectivity index (χ2n) is 7.05. The van der Waals surface area contributed by atoms with Gasteiger partial charge in [-0.05, 0) is 36.4 Å². The third-order valence-electron chi connectivity index (χ3n) is 5.08. The fourth-order valence-electron chi connectivity index (χ4n) is 3.43. The molecule has 162 valence electrons. The number of para-hydroxylation sites is 2. The van der Waals surface area contributed by atoms with Gasteiger partial charge in [0.1, 0.15) is 11.6 Å². The molecule has 1 aliphatic rings. The van der Waals surface area contributed by atoms with Crippen molar-refractivity contribution in [1.82, 2.24) is 15.0 Å². The summed E-state index contributed by atoms with van der Waals surface area (Å²) in [6.07, 6.45) is 0. The van der Waals surface area contributed by atoms with Gasteiger partial charge in [-0.3, -0.25) is 4.79 Å². The Morgan fingerprint density at radius 3 is 2.61 bits per heavy atom. The fourth-order valence-corrected chi connectivity index (χ4v) is 4.19. The molecule has 9 heteroatoms. The Labute approximate surface area is 184 Å². The number of aromatic nitrogens is 2. The summed E-state index contributed by atoms with van der Waals surface area (Å²) in [6, 6.07) is 13.8. The highest BCUT2D eigenvalue weighted by atomic mass is 32.2. The average molecular weight is 443 g/mol. The van der Waals surface area contributed by atoms with Gasteiger partial charge in [0.25, 0.3) is 0 Å². The van der Waals surface area contributed by atoms with Crippen LogP contribution >= 0.6 is 11.8 Å². The molecule has 1 saturated heterocycles. The van der Waals surface area contributed by atoms with E-state index in [9.17, 15) is 9.18 Å². The van der Waals surface area contributed by atoms with Gasteiger partial charge >= 0.3 is 0 Å². The molecular formula is C22H23FN4O3S. The van der Waals surface area contributed by atoms with Crippen molar-refractivity contribution in [3.05, 3.63) is 60.2 Å². The van der Waals surface area contributed by atoms with Crippen LogP contribution in [0.5, 0.6) is 5.75 Å². The molecule has 1 fully saturated rings. The molecule has 7 nitrogen and oxygen atoms in total. The van der Waals surface area contributed by atoms with E-state index < -0.39 is 0 Å². The fraction of sp³-hybridized carbons (Fsp3) is 0.318. The van der Waals surface area contributed by atoms with E-state index in [1.165, 1.54) is 23.9 Å². The van der Waals surface area contributed by atoms with E-state index in [-0.39, 0.29) is 11.7 Å². The molecule has 1 amide bonds. The number of nitrogens with zero attached hydrogens (tertiary/aromatic N) is 4. The largest absolute Gasteiger partial charge is 0.495 e. The van der Waals surface area contributed by atoms with Gasteiger partial charge in [-0.25, -0.2) is 4.39 Å². The van der Waals surface area contributed by atoms with Gasteiger partial charge in [0.05, 0.1) is 24.3 Å². The monoisotopic (exact) mass is 442 g/mol. The normalized spacial score (nSPS) is 14.0. The van der Waals surface area contributed by atoms with E-state index >= 15 is 0 Å². The van der Waals surface area contributed by atoms with Crippen molar-refractivity contribution >= 4 is 23.4 Å². The van der Waals surface area contributed by atoms with Crippen molar-refractivity contribution in [3.63, 3.8) is 0 Å². The molecule has 1 aromatic heterocycles. The molecular weight excluding hydrogens is 419 g/mol. The van der Waals surface area contributed by atoms with Gasteiger partial charge in [0.15, 0.2) is 0 Å². The van der Waals surface area contributed by atoms with Crippen LogP contribution in [-0.2, 0) is 10.5 Å². The Balaban J connectivity index is 1.23. The zero-order valence-electron chi connectivity index (χ0n) is 17.2. The first-order valence-electron chi connectivity index (χ1n) is 9.96. The summed E-state index contributed by atoms with van der Waals surface area (Å²) in [6.45, 7) is 2.88. The van der Waals surface area contributed by atoms with Crippen LogP contribution in [0.15, 0.2) is 53.1 Å². The molecule has 0 spiro atoms. The lowest BCUT2D eigenvalue weighted by Crippen LogP contribution is -2.49. The summed E-state index contributed by atoms with van der Waals surface area (Å²) >= 11 is 1.44. The van der Waals surface area contributed by atoms with Gasteiger partial charge in [-0.15, -0.1) is 11.8 Å². The highest BCUT2D eigenvalue weighted by molar-refractivity contribution is 7.99. The highest BCUT2D eigenvalue weighted by Crippen LogP contribution is 2.28. The second-order valence-corrected chi connectivity index (χ2v) is 8.04. The van der Waals surface area contributed by atoms with Crippen molar-refractivity contribution in [1.29, 1.82) is 0 Å². The van der Waals surface area contributed by atoms with Crippen molar-refractivity contribution in [2.75, 3.05) is 43.9 Å². The minimum Gasteiger partial charge on any atom is -0.495 e. The number of carbonyl (C=O) groups is 1. The molecule has 0 radical (unpaired) electrons. The molecule has 0 bridgehead atoms. The molecule has 2 heterocycles. The van der Waals surface area contributed by atoms with Crippen LogP contribution in [0.4, 0.5) is 10.1 Å².